The lowest BCUT2D eigenvalue weighted by Gasteiger charge is -2.28. The SMILES string of the molecule is CC(c1ccc(F)cc1)N1Cc2cc(NC(=O)c3ccc(F)cc3F)ccc2OCC1=O. The van der Waals surface area contributed by atoms with Crippen LogP contribution >= 0.6 is 0 Å². The van der Waals surface area contributed by atoms with Crippen LogP contribution in [0.15, 0.2) is 60.7 Å². The van der Waals surface area contributed by atoms with E-state index in [0.29, 0.717) is 23.1 Å². The number of benzene rings is 3. The number of fused-ring (bicyclic) bond motifs is 1. The predicted molar refractivity (Wildman–Crippen MR) is 112 cm³/mol. The molecule has 0 saturated carbocycles. The number of nitrogens with one attached hydrogen (secondary N) is 1. The fourth-order valence-corrected chi connectivity index (χ4v) is 3.56. The molecule has 1 aliphatic rings. The first-order chi connectivity index (χ1) is 15.3. The average molecular weight is 440 g/mol. The second-order valence-electron chi connectivity index (χ2n) is 7.44. The third-order valence-electron chi connectivity index (χ3n) is 5.33. The summed E-state index contributed by atoms with van der Waals surface area (Å²) in [6, 6.07) is 13.1. The summed E-state index contributed by atoms with van der Waals surface area (Å²) in [6.45, 7) is 1.87. The topological polar surface area (TPSA) is 58.6 Å². The van der Waals surface area contributed by atoms with Crippen molar-refractivity contribution in [3.8, 4) is 5.75 Å². The molecule has 0 spiro atoms. The van der Waals surface area contributed by atoms with Gasteiger partial charge in [-0.2, -0.15) is 0 Å². The number of carbonyl (C=O) groups excluding carboxylic acids is 2. The molecule has 32 heavy (non-hydrogen) atoms. The van der Waals surface area contributed by atoms with Crippen molar-refractivity contribution < 1.29 is 27.5 Å². The zero-order chi connectivity index (χ0) is 22.8. The largest absolute Gasteiger partial charge is 0.483 e. The minimum atomic E-state index is -0.967. The van der Waals surface area contributed by atoms with Gasteiger partial charge in [0.05, 0.1) is 18.2 Å². The Morgan fingerprint density at radius 1 is 1.00 bits per heavy atom. The van der Waals surface area contributed by atoms with Gasteiger partial charge in [-0.05, 0) is 55.0 Å². The van der Waals surface area contributed by atoms with Gasteiger partial charge in [0.25, 0.3) is 11.8 Å². The summed E-state index contributed by atoms with van der Waals surface area (Å²) < 4.78 is 45.9. The molecule has 0 bridgehead atoms. The molecule has 1 unspecified atom stereocenters. The molecule has 0 aliphatic carbocycles. The van der Waals surface area contributed by atoms with Crippen LogP contribution in [-0.4, -0.2) is 23.3 Å². The molecule has 4 rings (SSSR count). The van der Waals surface area contributed by atoms with Gasteiger partial charge in [-0.1, -0.05) is 12.1 Å². The van der Waals surface area contributed by atoms with Gasteiger partial charge in [-0.3, -0.25) is 9.59 Å². The maximum atomic E-state index is 13.9. The van der Waals surface area contributed by atoms with E-state index in [4.69, 9.17) is 4.74 Å². The van der Waals surface area contributed by atoms with Crippen LogP contribution in [0.3, 0.4) is 0 Å². The highest BCUT2D eigenvalue weighted by Gasteiger charge is 2.27. The highest BCUT2D eigenvalue weighted by molar-refractivity contribution is 6.04. The van der Waals surface area contributed by atoms with Crippen LogP contribution in [0.4, 0.5) is 18.9 Å². The van der Waals surface area contributed by atoms with Crippen LogP contribution < -0.4 is 10.1 Å². The van der Waals surface area contributed by atoms with Gasteiger partial charge in [0.1, 0.15) is 23.2 Å². The molecule has 0 saturated heterocycles. The number of hydrogen-bond acceptors (Lipinski definition) is 3. The first-order valence-electron chi connectivity index (χ1n) is 9.89. The summed E-state index contributed by atoms with van der Waals surface area (Å²) in [5.41, 5.74) is 1.48. The van der Waals surface area contributed by atoms with E-state index >= 15 is 0 Å². The Hall–Kier alpha value is -3.81. The Bertz CT molecular complexity index is 1180. The molecular formula is C24H19F3N2O3. The van der Waals surface area contributed by atoms with E-state index in [2.05, 4.69) is 5.32 Å². The lowest BCUT2D eigenvalue weighted by molar-refractivity contribution is -0.135. The molecule has 164 valence electrons. The molecule has 8 heteroatoms. The summed E-state index contributed by atoms with van der Waals surface area (Å²) >= 11 is 0. The zero-order valence-electron chi connectivity index (χ0n) is 17.1. The van der Waals surface area contributed by atoms with E-state index in [1.807, 2.05) is 6.92 Å². The molecular weight excluding hydrogens is 421 g/mol. The van der Waals surface area contributed by atoms with Gasteiger partial charge >= 0.3 is 0 Å². The summed E-state index contributed by atoms with van der Waals surface area (Å²) in [5, 5.41) is 2.58. The number of halogens is 3. The molecule has 1 N–H and O–H groups in total. The van der Waals surface area contributed by atoms with Crippen LogP contribution in [0.25, 0.3) is 0 Å². The summed E-state index contributed by atoms with van der Waals surface area (Å²) in [6.07, 6.45) is 0. The second kappa shape index (κ2) is 8.74. The third kappa shape index (κ3) is 4.44. The van der Waals surface area contributed by atoms with Crippen molar-refractivity contribution >= 4 is 17.5 Å². The van der Waals surface area contributed by atoms with Crippen molar-refractivity contribution in [3.05, 3.63) is 94.8 Å². The second-order valence-corrected chi connectivity index (χ2v) is 7.44. The van der Waals surface area contributed by atoms with E-state index in [9.17, 15) is 22.8 Å². The lowest BCUT2D eigenvalue weighted by atomic mass is 10.1. The van der Waals surface area contributed by atoms with Crippen LogP contribution in [0.5, 0.6) is 5.75 Å². The molecule has 1 atom stereocenters. The molecule has 0 radical (unpaired) electrons. The van der Waals surface area contributed by atoms with Crippen LogP contribution in [-0.2, 0) is 11.3 Å². The molecule has 1 aliphatic heterocycles. The molecule has 3 aromatic rings. The van der Waals surface area contributed by atoms with Crippen molar-refractivity contribution in [1.82, 2.24) is 4.90 Å². The van der Waals surface area contributed by atoms with E-state index < -0.39 is 17.5 Å². The molecule has 3 aromatic carbocycles. The monoisotopic (exact) mass is 440 g/mol. The summed E-state index contributed by atoms with van der Waals surface area (Å²) in [4.78, 5) is 26.7. The minimum absolute atomic E-state index is 0.162. The molecule has 0 aromatic heterocycles. The molecule has 2 amide bonds. The van der Waals surface area contributed by atoms with Crippen molar-refractivity contribution in [2.24, 2.45) is 0 Å². The van der Waals surface area contributed by atoms with Gasteiger partial charge in [0.2, 0.25) is 0 Å². The number of amides is 2. The highest BCUT2D eigenvalue weighted by Crippen LogP contribution is 2.31. The number of ether oxygens (including phenoxy) is 1. The lowest BCUT2D eigenvalue weighted by Crippen LogP contribution is -2.34. The fraction of sp³-hybridized carbons (Fsp3) is 0.167. The van der Waals surface area contributed by atoms with E-state index in [-0.39, 0.29) is 36.5 Å². The van der Waals surface area contributed by atoms with Gasteiger partial charge in [-0.15, -0.1) is 0 Å². The quantitative estimate of drug-likeness (QED) is 0.632. The Labute approximate surface area is 182 Å². The minimum Gasteiger partial charge on any atom is -0.483 e. The van der Waals surface area contributed by atoms with E-state index in [1.54, 1.807) is 35.2 Å². The highest BCUT2D eigenvalue weighted by atomic mass is 19.1. The summed E-state index contributed by atoms with van der Waals surface area (Å²) in [7, 11) is 0. The number of carbonyl (C=O) groups is 2. The maximum Gasteiger partial charge on any atom is 0.261 e. The smallest absolute Gasteiger partial charge is 0.261 e. The molecule has 5 nitrogen and oxygen atoms in total. The summed E-state index contributed by atoms with van der Waals surface area (Å²) in [5.74, 6) is -2.60. The zero-order valence-corrected chi connectivity index (χ0v) is 17.1. The Morgan fingerprint density at radius 3 is 2.44 bits per heavy atom. The first-order valence-corrected chi connectivity index (χ1v) is 9.89. The van der Waals surface area contributed by atoms with Gasteiger partial charge < -0.3 is 15.0 Å². The van der Waals surface area contributed by atoms with Crippen molar-refractivity contribution in [1.29, 1.82) is 0 Å². The van der Waals surface area contributed by atoms with E-state index in [1.165, 1.54) is 12.1 Å². The van der Waals surface area contributed by atoms with Gasteiger partial charge in [0.15, 0.2) is 6.61 Å². The van der Waals surface area contributed by atoms with Crippen molar-refractivity contribution in [2.45, 2.75) is 19.5 Å². The number of hydrogen-bond donors (Lipinski definition) is 1. The standard InChI is InChI=1S/C24H19F3N2O3/c1-14(15-2-4-17(25)5-3-15)29-12-16-10-19(7-9-22(16)32-13-23(29)30)28-24(31)20-8-6-18(26)11-21(20)27/h2-11,14H,12-13H2,1H3,(H,28,31). The van der Waals surface area contributed by atoms with Crippen molar-refractivity contribution in [3.63, 3.8) is 0 Å². The van der Waals surface area contributed by atoms with E-state index in [0.717, 1.165) is 17.7 Å². The Balaban J connectivity index is 1.57. The number of nitrogens with zero attached hydrogens (tertiary/aromatic N) is 1. The third-order valence-corrected chi connectivity index (χ3v) is 5.33. The van der Waals surface area contributed by atoms with Gasteiger partial charge in [-0.25, -0.2) is 13.2 Å². The van der Waals surface area contributed by atoms with Crippen LogP contribution in [0, 0.1) is 17.5 Å². The Kier molecular flexibility index (Phi) is 5.85. The average Bonchev–Trinajstić information content (AvgIpc) is 2.92. The van der Waals surface area contributed by atoms with Crippen molar-refractivity contribution in [2.75, 3.05) is 11.9 Å². The van der Waals surface area contributed by atoms with Crippen LogP contribution in [0.1, 0.15) is 34.5 Å². The number of rotatable bonds is 4. The molecule has 0 fully saturated rings. The van der Waals surface area contributed by atoms with Gasteiger partial charge in [0, 0.05) is 17.3 Å². The van der Waals surface area contributed by atoms with Crippen LogP contribution in [0.2, 0.25) is 0 Å². The number of anilines is 1. The molecule has 1 heterocycles. The first kappa shape index (κ1) is 21.4. The maximum absolute atomic E-state index is 13.9. The predicted octanol–water partition coefficient (Wildman–Crippen LogP) is 4.84. The Morgan fingerprint density at radius 2 is 1.72 bits per heavy atom. The fourth-order valence-electron chi connectivity index (χ4n) is 3.56. The normalized spacial score (nSPS) is 14.2.